The first-order valence-corrected chi connectivity index (χ1v) is 5.70. The zero-order valence-electron chi connectivity index (χ0n) is 8.42. The highest BCUT2D eigenvalue weighted by Gasteiger charge is 2.05. The Morgan fingerprint density at radius 3 is 2.59 bits per heavy atom. The minimum Gasteiger partial charge on any atom is -0.398 e. The lowest BCUT2D eigenvalue weighted by Crippen LogP contribution is -1.97. The predicted octanol–water partition coefficient (Wildman–Crippen LogP) is 3.76. The maximum absolute atomic E-state index is 5.91. The van der Waals surface area contributed by atoms with E-state index in [0.717, 1.165) is 0 Å². The number of aromatic nitrogens is 2. The third-order valence-corrected chi connectivity index (χ3v) is 2.76. The summed E-state index contributed by atoms with van der Waals surface area (Å²) in [7, 11) is 0. The summed E-state index contributed by atoms with van der Waals surface area (Å²) in [6.07, 6.45) is 1.41. The van der Waals surface area contributed by atoms with Crippen LogP contribution < -0.4 is 11.1 Å². The van der Waals surface area contributed by atoms with E-state index >= 15 is 0 Å². The Morgan fingerprint density at radius 1 is 1.12 bits per heavy atom. The van der Waals surface area contributed by atoms with Gasteiger partial charge in [-0.3, -0.25) is 0 Å². The van der Waals surface area contributed by atoms with Crippen molar-refractivity contribution in [3.05, 3.63) is 39.7 Å². The molecule has 0 atom stereocenters. The van der Waals surface area contributed by atoms with E-state index in [-0.39, 0.29) is 5.28 Å². The highest BCUT2D eigenvalue weighted by molar-refractivity contribution is 6.34. The molecule has 2 rings (SSSR count). The number of anilines is 3. The van der Waals surface area contributed by atoms with E-state index in [1.165, 1.54) is 6.20 Å². The summed E-state index contributed by atoms with van der Waals surface area (Å²) in [5.74, 6) is 0.410. The van der Waals surface area contributed by atoms with Crippen molar-refractivity contribution in [3.63, 3.8) is 0 Å². The molecule has 0 radical (unpaired) electrons. The van der Waals surface area contributed by atoms with Crippen LogP contribution in [-0.4, -0.2) is 9.97 Å². The summed E-state index contributed by atoms with van der Waals surface area (Å²) in [5.41, 5.74) is 6.82. The number of nitrogen functional groups attached to an aromatic ring is 1. The van der Waals surface area contributed by atoms with Gasteiger partial charge < -0.3 is 11.1 Å². The second kappa shape index (κ2) is 4.96. The molecule has 0 aliphatic carbocycles. The SMILES string of the molecule is Nc1ccc(Nc2nc(Cl)ncc2Cl)cc1Cl. The average molecular weight is 290 g/mol. The molecule has 0 aliphatic heterocycles. The van der Waals surface area contributed by atoms with Gasteiger partial charge in [0.25, 0.3) is 0 Å². The molecule has 0 saturated heterocycles. The number of hydrogen-bond donors (Lipinski definition) is 2. The number of nitrogens with two attached hydrogens (primary N) is 1. The van der Waals surface area contributed by atoms with Gasteiger partial charge in [0.05, 0.1) is 16.9 Å². The van der Waals surface area contributed by atoms with Crippen molar-refractivity contribution in [1.82, 2.24) is 9.97 Å². The Hall–Kier alpha value is -1.23. The Bertz CT molecular complexity index is 559. The molecule has 4 nitrogen and oxygen atoms in total. The van der Waals surface area contributed by atoms with Crippen LogP contribution in [0.15, 0.2) is 24.4 Å². The maximum atomic E-state index is 5.91. The van der Waals surface area contributed by atoms with Crippen molar-refractivity contribution >= 4 is 52.0 Å². The third-order valence-electron chi connectivity index (χ3n) is 1.98. The fourth-order valence-corrected chi connectivity index (χ4v) is 1.63. The largest absolute Gasteiger partial charge is 0.398 e. The zero-order chi connectivity index (χ0) is 12.4. The number of halogens is 3. The van der Waals surface area contributed by atoms with Crippen LogP contribution in [-0.2, 0) is 0 Å². The molecule has 0 amide bonds. The number of nitrogens with zero attached hydrogens (tertiary/aromatic N) is 2. The molecule has 0 bridgehead atoms. The minimum absolute atomic E-state index is 0.110. The van der Waals surface area contributed by atoms with Crippen molar-refractivity contribution in [3.8, 4) is 0 Å². The van der Waals surface area contributed by atoms with Gasteiger partial charge in [-0.1, -0.05) is 23.2 Å². The molecular weight excluding hydrogens is 282 g/mol. The lowest BCUT2D eigenvalue weighted by atomic mass is 10.3. The quantitative estimate of drug-likeness (QED) is 0.652. The van der Waals surface area contributed by atoms with Crippen LogP contribution in [0.1, 0.15) is 0 Å². The fraction of sp³-hybridized carbons (Fsp3) is 0. The Kier molecular flexibility index (Phi) is 3.57. The van der Waals surface area contributed by atoms with Crippen molar-refractivity contribution in [2.24, 2.45) is 0 Å². The van der Waals surface area contributed by atoms with Crippen LogP contribution in [0.4, 0.5) is 17.2 Å². The van der Waals surface area contributed by atoms with E-state index in [4.69, 9.17) is 40.5 Å². The van der Waals surface area contributed by atoms with E-state index in [9.17, 15) is 0 Å². The molecule has 0 saturated carbocycles. The summed E-state index contributed by atoms with van der Waals surface area (Å²) in [6.45, 7) is 0. The van der Waals surface area contributed by atoms with E-state index in [1.807, 2.05) is 0 Å². The van der Waals surface area contributed by atoms with Gasteiger partial charge in [-0.15, -0.1) is 0 Å². The van der Waals surface area contributed by atoms with Gasteiger partial charge in [-0.05, 0) is 29.8 Å². The Morgan fingerprint density at radius 2 is 1.88 bits per heavy atom. The van der Waals surface area contributed by atoms with Gasteiger partial charge >= 0.3 is 0 Å². The molecule has 0 unspecified atom stereocenters. The monoisotopic (exact) mass is 288 g/mol. The van der Waals surface area contributed by atoms with Crippen LogP contribution in [0.2, 0.25) is 15.3 Å². The Balaban J connectivity index is 2.31. The molecule has 0 fully saturated rings. The Labute approximate surface area is 113 Å². The van der Waals surface area contributed by atoms with Crippen molar-refractivity contribution < 1.29 is 0 Å². The van der Waals surface area contributed by atoms with E-state index in [1.54, 1.807) is 18.2 Å². The maximum Gasteiger partial charge on any atom is 0.224 e. The summed E-state index contributed by atoms with van der Waals surface area (Å²) in [6, 6.07) is 5.11. The summed E-state index contributed by atoms with van der Waals surface area (Å²) in [4.78, 5) is 7.71. The summed E-state index contributed by atoms with van der Waals surface area (Å²) >= 11 is 17.5. The van der Waals surface area contributed by atoms with Crippen LogP contribution in [0, 0.1) is 0 Å². The molecule has 1 aromatic carbocycles. The predicted molar refractivity (Wildman–Crippen MR) is 71.2 cm³/mol. The average Bonchev–Trinajstić information content (AvgIpc) is 2.29. The zero-order valence-corrected chi connectivity index (χ0v) is 10.7. The van der Waals surface area contributed by atoms with Gasteiger partial charge in [0, 0.05) is 5.69 Å². The second-order valence-electron chi connectivity index (χ2n) is 3.20. The first-order valence-electron chi connectivity index (χ1n) is 4.56. The molecule has 2 aromatic rings. The lowest BCUT2D eigenvalue weighted by molar-refractivity contribution is 1.17. The van der Waals surface area contributed by atoms with Gasteiger partial charge in [-0.2, -0.15) is 4.98 Å². The van der Waals surface area contributed by atoms with Gasteiger partial charge in [-0.25, -0.2) is 4.98 Å². The van der Waals surface area contributed by atoms with Gasteiger partial charge in [0.1, 0.15) is 5.02 Å². The first-order chi connectivity index (χ1) is 8.06. The second-order valence-corrected chi connectivity index (χ2v) is 4.35. The van der Waals surface area contributed by atoms with E-state index < -0.39 is 0 Å². The van der Waals surface area contributed by atoms with Crippen molar-refractivity contribution in [2.75, 3.05) is 11.1 Å². The normalized spacial score (nSPS) is 10.3. The van der Waals surface area contributed by atoms with E-state index in [0.29, 0.717) is 27.2 Å². The van der Waals surface area contributed by atoms with Crippen LogP contribution in [0.5, 0.6) is 0 Å². The summed E-state index contributed by atoms with van der Waals surface area (Å²) in [5, 5.41) is 3.90. The smallest absolute Gasteiger partial charge is 0.224 e. The van der Waals surface area contributed by atoms with Crippen molar-refractivity contribution in [2.45, 2.75) is 0 Å². The topological polar surface area (TPSA) is 63.8 Å². The lowest BCUT2D eigenvalue weighted by Gasteiger charge is -2.08. The van der Waals surface area contributed by atoms with E-state index in [2.05, 4.69) is 15.3 Å². The number of benzene rings is 1. The highest BCUT2D eigenvalue weighted by Crippen LogP contribution is 2.27. The third kappa shape index (κ3) is 2.91. The number of rotatable bonds is 2. The van der Waals surface area contributed by atoms with Crippen LogP contribution in [0.3, 0.4) is 0 Å². The molecule has 1 heterocycles. The highest BCUT2D eigenvalue weighted by atomic mass is 35.5. The molecular formula is C10H7Cl3N4. The molecule has 88 valence electrons. The van der Waals surface area contributed by atoms with Crippen LogP contribution in [0.25, 0.3) is 0 Å². The van der Waals surface area contributed by atoms with Crippen LogP contribution >= 0.6 is 34.8 Å². The van der Waals surface area contributed by atoms with Gasteiger partial charge in [0.2, 0.25) is 5.28 Å². The molecule has 0 spiro atoms. The fourth-order valence-electron chi connectivity index (χ4n) is 1.17. The van der Waals surface area contributed by atoms with Gasteiger partial charge in [0.15, 0.2) is 5.82 Å². The molecule has 17 heavy (non-hydrogen) atoms. The summed E-state index contributed by atoms with van der Waals surface area (Å²) < 4.78 is 0. The number of hydrogen-bond acceptors (Lipinski definition) is 4. The molecule has 0 aliphatic rings. The molecule has 3 N–H and O–H groups in total. The standard InChI is InChI=1S/C10H7Cl3N4/c11-6-3-5(1-2-8(6)14)16-9-7(12)4-15-10(13)17-9/h1-4H,14H2,(H,15,16,17). The number of nitrogens with one attached hydrogen (secondary N) is 1. The van der Waals surface area contributed by atoms with Crippen molar-refractivity contribution in [1.29, 1.82) is 0 Å². The minimum atomic E-state index is 0.110. The molecule has 7 heteroatoms. The first kappa shape index (κ1) is 12.2. The molecule has 1 aromatic heterocycles.